The van der Waals surface area contributed by atoms with Crippen molar-refractivity contribution < 1.29 is 14.0 Å². The van der Waals surface area contributed by atoms with Gasteiger partial charge < -0.3 is 14.0 Å². The van der Waals surface area contributed by atoms with Gasteiger partial charge >= 0.3 is 0 Å². The molecule has 0 amide bonds. The van der Waals surface area contributed by atoms with Crippen molar-refractivity contribution in [2.45, 2.75) is 19.4 Å². The molecule has 5 heteroatoms. The van der Waals surface area contributed by atoms with Crippen molar-refractivity contribution in [2.75, 3.05) is 26.5 Å². The van der Waals surface area contributed by atoms with Crippen LogP contribution in [0.15, 0.2) is 18.2 Å². The summed E-state index contributed by atoms with van der Waals surface area (Å²) in [5.74, 6) is 1.84. The molecule has 1 heterocycles. The van der Waals surface area contributed by atoms with Crippen molar-refractivity contribution >= 4 is 18.0 Å². The lowest BCUT2D eigenvalue weighted by atomic mass is 10.1. The summed E-state index contributed by atoms with van der Waals surface area (Å²) in [6, 6.07) is 6.10. The van der Waals surface area contributed by atoms with Crippen molar-refractivity contribution in [2.24, 2.45) is 0 Å². The van der Waals surface area contributed by atoms with Crippen LogP contribution in [0.4, 0.5) is 0 Å². The number of hydrogen-bond donors (Lipinski definition) is 0. The summed E-state index contributed by atoms with van der Waals surface area (Å²) in [6.45, 7) is 7.72. The summed E-state index contributed by atoms with van der Waals surface area (Å²) >= 11 is 0. The quantitative estimate of drug-likeness (QED) is 0.779. The van der Waals surface area contributed by atoms with Gasteiger partial charge in [0.2, 0.25) is 0 Å². The Hall–Kier alpha value is -0.360. The largest absolute Gasteiger partial charge is 0.485 e. The third-order valence-electron chi connectivity index (χ3n) is 2.61. The first-order valence-electron chi connectivity index (χ1n) is 5.91. The molecule has 18 heavy (non-hydrogen) atoms. The second-order valence-corrected chi connectivity index (χ2v) is 6.11. The molecule has 0 spiro atoms. The van der Waals surface area contributed by atoms with Crippen molar-refractivity contribution in [3.63, 3.8) is 0 Å². The zero-order valence-corrected chi connectivity index (χ0v) is 13.6. The molecule has 2 rings (SSSR count). The number of ether oxygens (including phenoxy) is 2. The molecule has 0 aromatic heterocycles. The van der Waals surface area contributed by atoms with Gasteiger partial charge in [-0.1, -0.05) is 13.0 Å². The Labute approximate surface area is 114 Å². The second-order valence-electron chi connectivity index (χ2n) is 4.30. The van der Waals surface area contributed by atoms with Crippen LogP contribution >= 0.6 is 18.0 Å². The molecule has 1 fully saturated rings. The number of hydrogen-bond acceptors (Lipinski definition) is 3. The molecule has 3 nitrogen and oxygen atoms in total. The van der Waals surface area contributed by atoms with Crippen molar-refractivity contribution in [1.29, 1.82) is 0 Å². The van der Waals surface area contributed by atoms with Gasteiger partial charge in [0.25, 0.3) is 0 Å². The van der Waals surface area contributed by atoms with E-state index in [-0.39, 0.29) is 16.0 Å². The van der Waals surface area contributed by atoms with E-state index in [0.717, 1.165) is 17.9 Å². The van der Waals surface area contributed by atoms with E-state index in [1.165, 1.54) is 5.56 Å². The van der Waals surface area contributed by atoms with E-state index in [4.69, 9.17) is 14.0 Å². The minimum absolute atomic E-state index is 0. The Bertz CT molecular complexity index is 378. The fraction of sp³-hybridized carbons (Fsp3) is 0.538. The normalized spacial score (nSPS) is 14.9. The Morgan fingerprint density at radius 3 is 2.56 bits per heavy atom. The third kappa shape index (κ3) is 4.09. The molecule has 0 N–H and O–H groups in total. The topological polar surface area (TPSA) is 27.7 Å². The lowest BCUT2D eigenvalue weighted by Gasteiger charge is -2.27. The van der Waals surface area contributed by atoms with Crippen LogP contribution in [0, 0.1) is 0 Å². The van der Waals surface area contributed by atoms with Crippen molar-refractivity contribution in [3.8, 4) is 11.5 Å². The van der Waals surface area contributed by atoms with Crippen molar-refractivity contribution in [1.82, 2.24) is 0 Å². The maximum absolute atomic E-state index is 5.86. The third-order valence-corrected chi connectivity index (χ3v) is 3.17. The minimum Gasteiger partial charge on any atom is -0.485 e. The van der Waals surface area contributed by atoms with Crippen LogP contribution in [0.25, 0.3) is 0 Å². The van der Waals surface area contributed by atoms with Crippen LogP contribution in [0.2, 0.25) is 0 Å². The lowest BCUT2D eigenvalue weighted by Crippen LogP contribution is -2.38. The van der Waals surface area contributed by atoms with Crippen LogP contribution in [0.5, 0.6) is 11.5 Å². The average molecular weight is 288 g/mol. The first-order chi connectivity index (χ1) is 8.19. The molecule has 1 aliphatic heterocycles. The fourth-order valence-electron chi connectivity index (χ4n) is 1.66. The Balaban J connectivity index is 0.00000162. The molecule has 102 valence electrons. The summed E-state index contributed by atoms with van der Waals surface area (Å²) in [5, 5.41) is 0. The van der Waals surface area contributed by atoms with E-state index in [0.29, 0.717) is 13.2 Å². The van der Waals surface area contributed by atoms with Gasteiger partial charge in [0.15, 0.2) is 0 Å². The zero-order valence-electron chi connectivity index (χ0n) is 11.3. The van der Waals surface area contributed by atoms with Crippen LogP contribution in [-0.2, 0) is 11.2 Å². The maximum atomic E-state index is 5.86. The van der Waals surface area contributed by atoms with Gasteiger partial charge in [-0.3, -0.25) is 0 Å². The summed E-state index contributed by atoms with van der Waals surface area (Å²) in [7, 11) is -0.401. The highest BCUT2D eigenvalue weighted by Crippen LogP contribution is 2.35. The van der Waals surface area contributed by atoms with Crippen LogP contribution in [-0.4, -0.2) is 32.6 Å². The molecule has 1 saturated heterocycles. The second kappa shape index (κ2) is 7.28. The van der Waals surface area contributed by atoms with Crippen LogP contribution in [0.3, 0.4) is 0 Å². The first-order valence-corrected chi connectivity index (χ1v) is 8.07. The average Bonchev–Trinajstić information content (AvgIpc) is 2.23. The molecule has 1 unspecified atom stereocenters. The van der Waals surface area contributed by atoms with Crippen molar-refractivity contribution in [3.05, 3.63) is 23.8 Å². The van der Waals surface area contributed by atoms with E-state index in [1.807, 2.05) is 12.1 Å². The zero-order chi connectivity index (χ0) is 12.3. The van der Waals surface area contributed by atoms with Crippen LogP contribution in [0.1, 0.15) is 12.5 Å². The highest BCUT2D eigenvalue weighted by molar-refractivity contribution is 7.51. The summed E-state index contributed by atoms with van der Waals surface area (Å²) in [6.07, 6.45) is 1.19. The number of benzene rings is 1. The maximum Gasteiger partial charge on any atom is 0.145 e. The van der Waals surface area contributed by atoms with Gasteiger partial charge in [-0.25, -0.2) is 0 Å². The summed E-state index contributed by atoms with van der Waals surface area (Å²) in [4.78, 5) is 0. The summed E-state index contributed by atoms with van der Waals surface area (Å²) in [5.41, 5.74) is 1.23. The predicted molar refractivity (Wildman–Crippen MR) is 81.6 cm³/mol. The van der Waals surface area contributed by atoms with E-state index < -0.39 is 8.15 Å². The molecule has 0 bridgehead atoms. The Kier molecular flexibility index (Phi) is 6.35. The Morgan fingerprint density at radius 1 is 1.33 bits per heavy atom. The molecule has 0 radical (unpaired) electrons. The van der Waals surface area contributed by atoms with E-state index >= 15 is 0 Å². The van der Waals surface area contributed by atoms with Gasteiger partial charge in [0, 0.05) is 6.07 Å². The molecule has 1 aliphatic rings. The van der Waals surface area contributed by atoms with E-state index in [9.17, 15) is 0 Å². The predicted octanol–water partition coefficient (Wildman–Crippen LogP) is 3.12. The van der Waals surface area contributed by atoms with Gasteiger partial charge in [-0.15, -0.1) is 0 Å². The number of aryl methyl sites for hydroxylation is 1. The van der Waals surface area contributed by atoms with Gasteiger partial charge in [-0.2, -0.15) is 9.90 Å². The Morgan fingerprint density at radius 2 is 2.06 bits per heavy atom. The van der Waals surface area contributed by atoms with Gasteiger partial charge in [0.1, 0.15) is 17.6 Å². The smallest absolute Gasteiger partial charge is 0.145 e. The SMILES string of the molecule is CCc1ccc(OC2COC2)cc1OP(C)C.P. The molecular weight excluding hydrogens is 266 g/mol. The van der Waals surface area contributed by atoms with Gasteiger partial charge in [-0.05, 0) is 31.4 Å². The minimum atomic E-state index is -0.401. The molecule has 0 aliphatic carbocycles. The first kappa shape index (κ1) is 15.7. The molecule has 1 atom stereocenters. The monoisotopic (exact) mass is 288 g/mol. The molecular formula is C13H22O3P2. The lowest BCUT2D eigenvalue weighted by molar-refractivity contribution is -0.0797. The van der Waals surface area contributed by atoms with Crippen LogP contribution < -0.4 is 9.26 Å². The highest BCUT2D eigenvalue weighted by atomic mass is 31.1. The van der Waals surface area contributed by atoms with Gasteiger partial charge in [0.05, 0.1) is 21.4 Å². The fourth-order valence-corrected chi connectivity index (χ4v) is 2.22. The molecule has 0 saturated carbocycles. The molecule has 1 aromatic rings. The highest BCUT2D eigenvalue weighted by Gasteiger charge is 2.20. The molecule has 1 aromatic carbocycles. The standard InChI is InChI=1S/C13H19O3P.H3P/c1-4-10-5-6-11(15-12-8-14-9-12)7-13(10)16-17(2)3;/h5-7,12H,4,8-9H2,1-3H3;1H3. The number of rotatable bonds is 5. The van der Waals surface area contributed by atoms with E-state index in [2.05, 4.69) is 26.3 Å². The van der Waals surface area contributed by atoms with E-state index in [1.54, 1.807) is 0 Å². The summed E-state index contributed by atoms with van der Waals surface area (Å²) < 4.78 is 16.7.